The first kappa shape index (κ1) is 29.4. The normalized spacial score (nSPS) is 11.4. The summed E-state index contributed by atoms with van der Waals surface area (Å²) in [5.41, 5.74) is 5.55. The molecule has 0 radical (unpaired) electrons. The third kappa shape index (κ3) is 7.85. The van der Waals surface area contributed by atoms with E-state index in [0.717, 1.165) is 24.4 Å². The minimum absolute atomic E-state index is 0.0276. The second-order valence-corrected chi connectivity index (χ2v) is 7.03. The molecule has 0 saturated carbocycles. The molecular formula is C25H26F4N8O. The molecule has 0 unspecified atom stereocenters. The number of halogens is 4. The monoisotopic (exact) mass is 530 g/mol. The van der Waals surface area contributed by atoms with Gasteiger partial charge in [0.25, 0.3) is 0 Å². The van der Waals surface area contributed by atoms with Crippen LogP contribution in [0, 0.1) is 5.82 Å². The largest absolute Gasteiger partial charge is 0.416 e. The number of aromatic nitrogens is 3. The number of benzene rings is 1. The van der Waals surface area contributed by atoms with Crippen molar-refractivity contribution in [2.24, 2.45) is 10.7 Å². The number of alkyl halides is 3. The van der Waals surface area contributed by atoms with Gasteiger partial charge in [-0.05, 0) is 23.8 Å². The Morgan fingerprint density at radius 1 is 1.11 bits per heavy atom. The molecule has 5 N–H and O–H groups in total. The van der Waals surface area contributed by atoms with Crippen molar-refractivity contribution in [3.63, 3.8) is 0 Å². The number of allylic oxidation sites excluding steroid dienone is 1. The van der Waals surface area contributed by atoms with Gasteiger partial charge in [-0.2, -0.15) is 18.2 Å². The van der Waals surface area contributed by atoms with E-state index in [9.17, 15) is 22.4 Å². The van der Waals surface area contributed by atoms with Crippen molar-refractivity contribution in [1.82, 2.24) is 15.0 Å². The third-order valence-corrected chi connectivity index (χ3v) is 4.56. The maximum absolute atomic E-state index is 14.6. The Hall–Kier alpha value is -4.81. The molecule has 3 aromatic rings. The molecule has 1 amide bonds. The molecule has 0 fully saturated rings. The highest BCUT2D eigenvalue weighted by Gasteiger charge is 2.30. The quantitative estimate of drug-likeness (QED) is 0.172. The highest BCUT2D eigenvalue weighted by molar-refractivity contribution is 5.98. The Bertz CT molecular complexity index is 1320. The van der Waals surface area contributed by atoms with Crippen LogP contribution >= 0.6 is 0 Å². The highest BCUT2D eigenvalue weighted by atomic mass is 19.4. The summed E-state index contributed by atoms with van der Waals surface area (Å²) in [7, 11) is 1.53. The smallest absolute Gasteiger partial charge is 0.403 e. The van der Waals surface area contributed by atoms with Gasteiger partial charge in [0.15, 0.2) is 5.82 Å². The zero-order valence-corrected chi connectivity index (χ0v) is 20.8. The van der Waals surface area contributed by atoms with Gasteiger partial charge in [0.1, 0.15) is 11.6 Å². The van der Waals surface area contributed by atoms with Crippen LogP contribution in [0.2, 0.25) is 0 Å². The molecule has 2 aromatic heterocycles. The Labute approximate surface area is 216 Å². The molecule has 1 aromatic carbocycles. The van der Waals surface area contributed by atoms with Crippen molar-refractivity contribution in [3.8, 4) is 11.1 Å². The molecule has 0 atom stereocenters. The average Bonchev–Trinajstić information content (AvgIpc) is 2.91. The number of amides is 1. The minimum Gasteiger partial charge on any atom is -0.403 e. The third-order valence-electron chi connectivity index (χ3n) is 4.56. The first-order valence-corrected chi connectivity index (χ1v) is 11.2. The molecule has 13 heteroatoms. The van der Waals surface area contributed by atoms with E-state index in [2.05, 4.69) is 42.5 Å². The fourth-order valence-electron chi connectivity index (χ4n) is 2.88. The Morgan fingerprint density at radius 3 is 2.37 bits per heavy atom. The predicted molar refractivity (Wildman–Crippen MR) is 140 cm³/mol. The zero-order chi connectivity index (χ0) is 28.3. The van der Waals surface area contributed by atoms with Gasteiger partial charge in [0.2, 0.25) is 11.9 Å². The van der Waals surface area contributed by atoms with Crippen molar-refractivity contribution in [3.05, 3.63) is 78.7 Å². The summed E-state index contributed by atoms with van der Waals surface area (Å²) in [6.45, 7) is 7.34. The number of carbonyl (C=O) groups excluding carboxylic acids is 1. The van der Waals surface area contributed by atoms with Gasteiger partial charge < -0.3 is 21.7 Å². The fourth-order valence-corrected chi connectivity index (χ4v) is 2.88. The van der Waals surface area contributed by atoms with E-state index in [4.69, 9.17) is 5.73 Å². The number of nitrogens with one attached hydrogen (secondary N) is 3. The van der Waals surface area contributed by atoms with Crippen molar-refractivity contribution in [2.75, 3.05) is 23.0 Å². The first-order chi connectivity index (χ1) is 18.1. The summed E-state index contributed by atoms with van der Waals surface area (Å²) in [6, 6.07) is 5.53. The van der Waals surface area contributed by atoms with Gasteiger partial charge in [0.05, 0.1) is 23.1 Å². The van der Waals surface area contributed by atoms with Crippen molar-refractivity contribution >= 4 is 35.4 Å². The van der Waals surface area contributed by atoms with Crippen LogP contribution in [-0.2, 0) is 11.0 Å². The Morgan fingerprint density at radius 2 is 1.79 bits per heavy atom. The van der Waals surface area contributed by atoms with Crippen molar-refractivity contribution in [1.29, 1.82) is 0 Å². The maximum Gasteiger partial charge on any atom is 0.416 e. The molecule has 0 bridgehead atoms. The van der Waals surface area contributed by atoms with E-state index in [1.807, 2.05) is 13.8 Å². The molecule has 0 aliphatic rings. The number of anilines is 4. The molecule has 9 nitrogen and oxygen atoms in total. The molecule has 0 saturated heterocycles. The van der Waals surface area contributed by atoms with Gasteiger partial charge in [0, 0.05) is 37.3 Å². The standard InChI is InChI=1S/C23H20F4N8O.C2H6/c1-3-20(36)34-19-8-18(17(24)12-30-19)33-21-16(13-4-6-14(7-5-13)23(25,26)27)11-31-22(35-21)32-15(9-28)10-29-2;1-2/h3-12H,1,28H2,2H3,(H3,30,31,32,33,34,35,36);1-2H3/b15-9+,29-10?;. The number of nitrogens with zero attached hydrogens (tertiary/aromatic N) is 4. The number of rotatable bonds is 8. The Kier molecular flexibility index (Phi) is 10.4. The van der Waals surface area contributed by atoms with Crippen LogP contribution < -0.4 is 21.7 Å². The number of nitrogens with two attached hydrogens (primary N) is 1. The van der Waals surface area contributed by atoms with Gasteiger partial charge in [-0.25, -0.2) is 14.4 Å². The molecular weight excluding hydrogens is 504 g/mol. The summed E-state index contributed by atoms with van der Waals surface area (Å²) in [4.78, 5) is 27.7. The average molecular weight is 531 g/mol. The summed E-state index contributed by atoms with van der Waals surface area (Å²) >= 11 is 0. The number of pyridine rings is 1. The lowest BCUT2D eigenvalue weighted by molar-refractivity contribution is -0.137. The summed E-state index contributed by atoms with van der Waals surface area (Å²) in [6.07, 6.45) is 1.37. The highest BCUT2D eigenvalue weighted by Crippen LogP contribution is 2.34. The summed E-state index contributed by atoms with van der Waals surface area (Å²) in [5, 5.41) is 8.02. The van der Waals surface area contributed by atoms with E-state index in [0.29, 0.717) is 11.3 Å². The minimum atomic E-state index is -4.51. The van der Waals surface area contributed by atoms with Crippen LogP contribution in [0.5, 0.6) is 0 Å². The lowest BCUT2D eigenvalue weighted by atomic mass is 10.1. The van der Waals surface area contributed by atoms with Gasteiger partial charge >= 0.3 is 6.18 Å². The SMILES string of the molecule is C=CC(=O)Nc1cc(Nc2nc(N/C(C=NC)=C/N)ncc2-c2ccc(C(F)(F)F)cc2)c(F)cn1.CC. The molecule has 0 aliphatic heterocycles. The molecule has 38 heavy (non-hydrogen) atoms. The molecule has 3 rings (SSSR count). The molecule has 2 heterocycles. The van der Waals surface area contributed by atoms with Gasteiger partial charge in [-0.3, -0.25) is 9.79 Å². The number of aliphatic imine (C=N–C) groups is 1. The number of carbonyl (C=O) groups is 1. The molecule has 0 spiro atoms. The van der Waals surface area contributed by atoms with Crippen LogP contribution in [0.1, 0.15) is 19.4 Å². The molecule has 200 valence electrons. The number of hydrogen-bond acceptors (Lipinski definition) is 8. The van der Waals surface area contributed by atoms with Crippen LogP contribution in [0.4, 0.5) is 40.8 Å². The second-order valence-electron chi connectivity index (χ2n) is 7.03. The topological polar surface area (TPSA) is 130 Å². The summed E-state index contributed by atoms with van der Waals surface area (Å²) in [5.74, 6) is -1.22. The zero-order valence-electron chi connectivity index (χ0n) is 20.8. The predicted octanol–water partition coefficient (Wildman–Crippen LogP) is 5.50. The van der Waals surface area contributed by atoms with Crippen molar-refractivity contribution in [2.45, 2.75) is 20.0 Å². The van der Waals surface area contributed by atoms with Crippen LogP contribution in [0.15, 0.2) is 72.3 Å². The maximum atomic E-state index is 14.6. The van der Waals surface area contributed by atoms with Gasteiger partial charge in [-0.15, -0.1) is 0 Å². The van der Waals surface area contributed by atoms with E-state index < -0.39 is 23.5 Å². The van der Waals surface area contributed by atoms with Crippen LogP contribution in [0.25, 0.3) is 11.1 Å². The van der Waals surface area contributed by atoms with Crippen LogP contribution in [-0.4, -0.2) is 34.1 Å². The lowest BCUT2D eigenvalue weighted by Gasteiger charge is -2.15. The van der Waals surface area contributed by atoms with Crippen LogP contribution in [0.3, 0.4) is 0 Å². The van der Waals surface area contributed by atoms with Gasteiger partial charge in [-0.1, -0.05) is 32.6 Å². The van der Waals surface area contributed by atoms with E-state index in [1.165, 1.54) is 43.9 Å². The van der Waals surface area contributed by atoms with E-state index >= 15 is 0 Å². The lowest BCUT2D eigenvalue weighted by Crippen LogP contribution is -2.11. The second kappa shape index (κ2) is 13.5. The van der Waals surface area contributed by atoms with Crippen molar-refractivity contribution < 1.29 is 22.4 Å². The molecule has 0 aliphatic carbocycles. The Balaban J connectivity index is 0.00000247. The first-order valence-electron chi connectivity index (χ1n) is 11.2. The van der Waals surface area contributed by atoms with E-state index in [1.54, 1.807) is 0 Å². The van der Waals surface area contributed by atoms with E-state index in [-0.39, 0.29) is 28.8 Å². The fraction of sp³-hybridized carbons (Fsp3) is 0.160. The number of hydrogen-bond donors (Lipinski definition) is 4. The summed E-state index contributed by atoms with van der Waals surface area (Å²) < 4.78 is 53.6.